The molecule has 7 heteroatoms. The number of aromatic amines is 1. The Bertz CT molecular complexity index is 1070. The smallest absolute Gasteiger partial charge is 0.292 e. The van der Waals surface area contributed by atoms with E-state index >= 15 is 0 Å². The highest BCUT2D eigenvalue weighted by Gasteiger charge is 2.33. The summed E-state index contributed by atoms with van der Waals surface area (Å²) < 4.78 is 5.42. The standard InChI is InChI=1S/C22H21N3O4/c1-2-29-16-9-7-15(8-10-16)25-13-14(11-20(25)26)24-22(28)21(27)18-12-23-19-6-4-3-5-17(18)19/h3-10,12,14,23H,2,11,13H2,1H3,(H,24,28)/t14-/m1/s1. The fraction of sp³-hybridized carbons (Fsp3) is 0.227. The molecule has 0 unspecified atom stereocenters. The maximum Gasteiger partial charge on any atom is 0.292 e. The number of anilines is 1. The Morgan fingerprint density at radius 3 is 2.69 bits per heavy atom. The second kappa shape index (κ2) is 7.79. The van der Waals surface area contributed by atoms with Gasteiger partial charge in [0.05, 0.1) is 18.2 Å². The SMILES string of the molecule is CCOc1ccc(N2C[C@H](NC(=O)C(=O)c3c[nH]c4ccccc34)CC2=O)cc1. The number of fused-ring (bicyclic) bond motifs is 1. The fourth-order valence-electron chi connectivity index (χ4n) is 3.58. The van der Waals surface area contributed by atoms with Crippen LogP contribution in [0.2, 0.25) is 0 Å². The monoisotopic (exact) mass is 391 g/mol. The van der Waals surface area contributed by atoms with Crippen LogP contribution in [0.25, 0.3) is 10.9 Å². The van der Waals surface area contributed by atoms with Gasteiger partial charge >= 0.3 is 0 Å². The zero-order chi connectivity index (χ0) is 20.4. The van der Waals surface area contributed by atoms with Gasteiger partial charge in [0.2, 0.25) is 5.91 Å². The summed E-state index contributed by atoms with van der Waals surface area (Å²) in [6, 6.07) is 14.1. The molecule has 7 nitrogen and oxygen atoms in total. The number of carbonyl (C=O) groups is 3. The molecule has 2 aromatic carbocycles. The number of aromatic nitrogens is 1. The van der Waals surface area contributed by atoms with Gasteiger partial charge in [-0.2, -0.15) is 0 Å². The molecule has 0 saturated carbocycles. The molecule has 0 bridgehead atoms. The van der Waals surface area contributed by atoms with E-state index in [-0.39, 0.29) is 12.3 Å². The van der Waals surface area contributed by atoms with E-state index in [1.165, 1.54) is 0 Å². The first-order valence-electron chi connectivity index (χ1n) is 9.51. The number of hydrogen-bond donors (Lipinski definition) is 2. The summed E-state index contributed by atoms with van der Waals surface area (Å²) in [5, 5.41) is 3.40. The molecule has 2 heterocycles. The van der Waals surface area contributed by atoms with Gasteiger partial charge in [0.25, 0.3) is 11.7 Å². The lowest BCUT2D eigenvalue weighted by atomic mass is 10.1. The van der Waals surface area contributed by atoms with Gasteiger partial charge in [0.15, 0.2) is 0 Å². The molecule has 29 heavy (non-hydrogen) atoms. The van der Waals surface area contributed by atoms with Gasteiger partial charge in [0.1, 0.15) is 5.75 Å². The van der Waals surface area contributed by atoms with Crippen LogP contribution in [0.5, 0.6) is 5.75 Å². The highest BCUT2D eigenvalue weighted by Crippen LogP contribution is 2.24. The third-order valence-electron chi connectivity index (χ3n) is 4.96. The number of ether oxygens (including phenoxy) is 1. The Morgan fingerprint density at radius 2 is 1.93 bits per heavy atom. The van der Waals surface area contributed by atoms with E-state index in [0.29, 0.717) is 24.1 Å². The van der Waals surface area contributed by atoms with Gasteiger partial charge in [-0.05, 0) is 37.3 Å². The zero-order valence-electron chi connectivity index (χ0n) is 16.0. The van der Waals surface area contributed by atoms with Gasteiger partial charge < -0.3 is 19.9 Å². The Balaban J connectivity index is 1.43. The minimum Gasteiger partial charge on any atom is -0.494 e. The van der Waals surface area contributed by atoms with E-state index in [4.69, 9.17) is 4.74 Å². The Hall–Kier alpha value is -3.61. The number of amides is 2. The predicted molar refractivity (Wildman–Crippen MR) is 109 cm³/mol. The summed E-state index contributed by atoms with van der Waals surface area (Å²) in [4.78, 5) is 42.1. The number of rotatable bonds is 6. The van der Waals surface area contributed by atoms with Gasteiger partial charge in [-0.15, -0.1) is 0 Å². The quantitative estimate of drug-likeness (QED) is 0.499. The number of ketones is 1. The van der Waals surface area contributed by atoms with Crippen molar-refractivity contribution in [2.75, 3.05) is 18.1 Å². The molecule has 148 valence electrons. The van der Waals surface area contributed by atoms with Crippen molar-refractivity contribution >= 4 is 34.2 Å². The molecule has 1 fully saturated rings. The molecule has 1 aliphatic heterocycles. The fourth-order valence-corrected chi connectivity index (χ4v) is 3.58. The summed E-state index contributed by atoms with van der Waals surface area (Å²) in [6.45, 7) is 2.79. The largest absolute Gasteiger partial charge is 0.494 e. The second-order valence-electron chi connectivity index (χ2n) is 6.88. The minimum atomic E-state index is -0.707. The number of benzene rings is 2. The molecule has 4 rings (SSSR count). The Kier molecular flexibility index (Phi) is 5.03. The molecule has 2 amide bonds. The van der Waals surface area contributed by atoms with E-state index in [1.807, 2.05) is 37.3 Å². The topological polar surface area (TPSA) is 91.5 Å². The number of H-pyrrole nitrogens is 1. The van der Waals surface area contributed by atoms with Gasteiger partial charge in [-0.3, -0.25) is 14.4 Å². The number of nitrogens with one attached hydrogen (secondary N) is 2. The first-order chi connectivity index (χ1) is 14.1. The lowest BCUT2D eigenvalue weighted by Crippen LogP contribution is -2.40. The number of hydrogen-bond acceptors (Lipinski definition) is 4. The van der Waals surface area contributed by atoms with Gasteiger partial charge in [-0.25, -0.2) is 0 Å². The molecule has 3 aromatic rings. The molecule has 2 N–H and O–H groups in total. The Morgan fingerprint density at radius 1 is 1.17 bits per heavy atom. The van der Waals surface area contributed by atoms with Crippen LogP contribution >= 0.6 is 0 Å². The van der Waals surface area contributed by atoms with Crippen LogP contribution in [-0.4, -0.2) is 41.8 Å². The van der Waals surface area contributed by atoms with E-state index in [2.05, 4.69) is 10.3 Å². The van der Waals surface area contributed by atoms with Crippen LogP contribution in [-0.2, 0) is 9.59 Å². The third kappa shape index (κ3) is 3.71. The predicted octanol–water partition coefficient (Wildman–Crippen LogP) is 2.67. The van der Waals surface area contributed by atoms with Crippen molar-refractivity contribution < 1.29 is 19.1 Å². The van der Waals surface area contributed by atoms with E-state index < -0.39 is 17.7 Å². The minimum absolute atomic E-state index is 0.0981. The van der Waals surface area contributed by atoms with E-state index in [1.54, 1.807) is 29.3 Å². The molecule has 1 atom stereocenters. The average molecular weight is 391 g/mol. The van der Waals surface area contributed by atoms with Gasteiger partial charge in [0, 0.05) is 35.8 Å². The summed E-state index contributed by atoms with van der Waals surface area (Å²) >= 11 is 0. The zero-order valence-corrected chi connectivity index (χ0v) is 16.0. The van der Waals surface area contributed by atoms with Crippen LogP contribution in [0.4, 0.5) is 5.69 Å². The van der Waals surface area contributed by atoms with Gasteiger partial charge in [-0.1, -0.05) is 18.2 Å². The molecule has 0 radical (unpaired) electrons. The van der Waals surface area contributed by atoms with Crippen LogP contribution in [0.3, 0.4) is 0 Å². The molecule has 1 aliphatic rings. The van der Waals surface area contributed by atoms with Crippen molar-refractivity contribution in [1.82, 2.24) is 10.3 Å². The number of nitrogens with zero attached hydrogens (tertiary/aromatic N) is 1. The maximum absolute atomic E-state index is 12.6. The van der Waals surface area contributed by atoms with Crippen LogP contribution in [0.1, 0.15) is 23.7 Å². The molecule has 1 aromatic heterocycles. The van der Waals surface area contributed by atoms with Crippen molar-refractivity contribution in [2.24, 2.45) is 0 Å². The molecular weight excluding hydrogens is 370 g/mol. The summed E-state index contributed by atoms with van der Waals surface area (Å²) in [5.74, 6) is -0.688. The van der Waals surface area contributed by atoms with Crippen molar-refractivity contribution in [3.8, 4) is 5.75 Å². The summed E-state index contributed by atoms with van der Waals surface area (Å²) in [6.07, 6.45) is 1.69. The van der Waals surface area contributed by atoms with Crippen molar-refractivity contribution in [2.45, 2.75) is 19.4 Å². The van der Waals surface area contributed by atoms with Crippen LogP contribution in [0, 0.1) is 0 Å². The van der Waals surface area contributed by atoms with Crippen molar-refractivity contribution in [3.63, 3.8) is 0 Å². The first-order valence-corrected chi connectivity index (χ1v) is 9.51. The summed E-state index contributed by atoms with van der Waals surface area (Å²) in [7, 11) is 0. The number of carbonyl (C=O) groups excluding carboxylic acids is 3. The highest BCUT2D eigenvalue weighted by molar-refractivity contribution is 6.45. The summed E-state index contributed by atoms with van der Waals surface area (Å²) in [5.41, 5.74) is 1.85. The highest BCUT2D eigenvalue weighted by atomic mass is 16.5. The Labute approximate surface area is 167 Å². The number of Topliss-reactive ketones (excluding diaryl/α,β-unsaturated/α-hetero) is 1. The average Bonchev–Trinajstić information content (AvgIpc) is 3.31. The van der Waals surface area contributed by atoms with Crippen molar-refractivity contribution in [1.29, 1.82) is 0 Å². The normalized spacial score (nSPS) is 16.2. The first kappa shape index (κ1) is 18.7. The van der Waals surface area contributed by atoms with Crippen molar-refractivity contribution in [3.05, 3.63) is 60.3 Å². The number of para-hydroxylation sites is 1. The molecular formula is C22H21N3O4. The van der Waals surface area contributed by atoms with E-state index in [0.717, 1.165) is 17.0 Å². The molecule has 0 aliphatic carbocycles. The second-order valence-corrected chi connectivity index (χ2v) is 6.88. The van der Waals surface area contributed by atoms with Crippen LogP contribution < -0.4 is 15.0 Å². The lowest BCUT2D eigenvalue weighted by Gasteiger charge is -2.17. The lowest BCUT2D eigenvalue weighted by molar-refractivity contribution is -0.118. The third-order valence-corrected chi connectivity index (χ3v) is 4.96. The van der Waals surface area contributed by atoms with Crippen LogP contribution in [0.15, 0.2) is 54.7 Å². The van der Waals surface area contributed by atoms with E-state index in [9.17, 15) is 14.4 Å². The molecule has 1 saturated heterocycles. The maximum atomic E-state index is 12.6. The molecule has 0 spiro atoms.